The monoisotopic (exact) mass is 299 g/mol. The largest absolute Gasteiger partial charge is 0.381 e. The van der Waals surface area contributed by atoms with E-state index >= 15 is 0 Å². The summed E-state index contributed by atoms with van der Waals surface area (Å²) in [7, 11) is 0. The summed E-state index contributed by atoms with van der Waals surface area (Å²) in [4.78, 5) is 21.6. The van der Waals surface area contributed by atoms with Crippen LogP contribution in [0.5, 0.6) is 0 Å². The summed E-state index contributed by atoms with van der Waals surface area (Å²) in [6.07, 6.45) is 0. The van der Waals surface area contributed by atoms with Crippen LogP contribution in [0.1, 0.15) is 36.7 Å². The van der Waals surface area contributed by atoms with Crippen LogP contribution in [0.2, 0.25) is 0 Å². The molecule has 0 heterocycles. The molecule has 2 aromatic carbocycles. The topological polar surface area (TPSA) is 47.6 Å². The van der Waals surface area contributed by atoms with Gasteiger partial charge in [0, 0.05) is 12.2 Å². The Balaban J connectivity index is 1.88. The second-order valence-electron chi connectivity index (χ2n) is 5.98. The number of anilines is 1. The highest BCUT2D eigenvalue weighted by molar-refractivity contribution is 5.89. The van der Waals surface area contributed by atoms with Crippen LogP contribution in [-0.4, -0.2) is 11.6 Å². The van der Waals surface area contributed by atoms with Crippen LogP contribution in [-0.2, 0) is 16.3 Å². The third-order valence-corrected chi connectivity index (χ3v) is 2.83. The van der Waals surface area contributed by atoms with Gasteiger partial charge in [-0.1, -0.05) is 30.3 Å². The van der Waals surface area contributed by atoms with Gasteiger partial charge in [-0.15, -0.1) is 0 Å². The standard InChI is InChI=1S/C18H21NO3/c1-18(2,3)22-21-17(20)15-9-11-16(12-10-15)19-13-14-7-5-4-6-8-14/h4-12,19H,13H2,1-3H3. The summed E-state index contributed by atoms with van der Waals surface area (Å²) in [6.45, 7) is 6.18. The van der Waals surface area contributed by atoms with Crippen LogP contribution >= 0.6 is 0 Å². The number of carbonyl (C=O) groups is 1. The van der Waals surface area contributed by atoms with E-state index in [0.29, 0.717) is 5.56 Å². The van der Waals surface area contributed by atoms with Crippen molar-refractivity contribution in [1.29, 1.82) is 0 Å². The molecule has 0 amide bonds. The molecule has 2 rings (SSSR count). The Morgan fingerprint density at radius 1 is 1.00 bits per heavy atom. The number of rotatable bonds is 5. The van der Waals surface area contributed by atoms with Crippen LogP contribution in [0, 0.1) is 0 Å². The smallest absolute Gasteiger partial charge is 0.373 e. The van der Waals surface area contributed by atoms with Crippen molar-refractivity contribution >= 4 is 11.7 Å². The van der Waals surface area contributed by atoms with Gasteiger partial charge in [-0.05, 0) is 50.6 Å². The number of nitrogens with one attached hydrogen (secondary N) is 1. The third-order valence-electron chi connectivity index (χ3n) is 2.83. The molecular weight excluding hydrogens is 278 g/mol. The lowest BCUT2D eigenvalue weighted by atomic mass is 10.2. The van der Waals surface area contributed by atoms with E-state index in [9.17, 15) is 4.79 Å². The molecule has 0 aliphatic rings. The van der Waals surface area contributed by atoms with E-state index in [1.807, 2.05) is 51.1 Å². The van der Waals surface area contributed by atoms with Gasteiger partial charge in [0.15, 0.2) is 0 Å². The Kier molecular flexibility index (Phi) is 5.17. The minimum absolute atomic E-state index is 0.453. The highest BCUT2D eigenvalue weighted by Gasteiger charge is 2.16. The van der Waals surface area contributed by atoms with E-state index in [4.69, 9.17) is 9.78 Å². The van der Waals surface area contributed by atoms with Crippen molar-refractivity contribution in [3.8, 4) is 0 Å². The maximum atomic E-state index is 11.8. The van der Waals surface area contributed by atoms with Crippen molar-refractivity contribution < 1.29 is 14.6 Å². The van der Waals surface area contributed by atoms with Crippen LogP contribution in [0.4, 0.5) is 5.69 Å². The van der Waals surface area contributed by atoms with Gasteiger partial charge in [0.1, 0.15) is 5.60 Å². The Morgan fingerprint density at radius 3 is 2.23 bits per heavy atom. The minimum atomic E-state index is -0.521. The van der Waals surface area contributed by atoms with Crippen molar-refractivity contribution in [3.05, 3.63) is 65.7 Å². The van der Waals surface area contributed by atoms with Gasteiger partial charge >= 0.3 is 5.97 Å². The van der Waals surface area contributed by atoms with Crippen molar-refractivity contribution in [3.63, 3.8) is 0 Å². The predicted octanol–water partition coefficient (Wildman–Crippen LogP) is 4.19. The van der Waals surface area contributed by atoms with Crippen molar-refractivity contribution in [2.75, 3.05) is 5.32 Å². The van der Waals surface area contributed by atoms with Crippen LogP contribution in [0.3, 0.4) is 0 Å². The fraction of sp³-hybridized carbons (Fsp3) is 0.278. The van der Waals surface area contributed by atoms with Crippen molar-refractivity contribution in [2.24, 2.45) is 0 Å². The summed E-state index contributed by atoms with van der Waals surface area (Å²) >= 11 is 0. The summed E-state index contributed by atoms with van der Waals surface area (Å²) in [5.41, 5.74) is 2.07. The van der Waals surface area contributed by atoms with E-state index in [-0.39, 0.29) is 0 Å². The summed E-state index contributed by atoms with van der Waals surface area (Å²) in [5, 5.41) is 3.30. The van der Waals surface area contributed by atoms with Crippen LogP contribution in [0.15, 0.2) is 54.6 Å². The zero-order chi connectivity index (χ0) is 16.0. The van der Waals surface area contributed by atoms with Crippen molar-refractivity contribution in [1.82, 2.24) is 0 Å². The van der Waals surface area contributed by atoms with E-state index in [1.165, 1.54) is 5.56 Å². The number of hydrogen-bond acceptors (Lipinski definition) is 4. The van der Waals surface area contributed by atoms with E-state index in [0.717, 1.165) is 12.2 Å². The average molecular weight is 299 g/mol. The average Bonchev–Trinajstić information content (AvgIpc) is 2.51. The lowest BCUT2D eigenvalue weighted by molar-refractivity contribution is -0.301. The molecule has 0 aliphatic carbocycles. The van der Waals surface area contributed by atoms with Crippen LogP contribution < -0.4 is 5.32 Å². The second-order valence-corrected chi connectivity index (χ2v) is 5.98. The zero-order valence-electron chi connectivity index (χ0n) is 13.1. The SMILES string of the molecule is CC(C)(C)OOC(=O)c1ccc(NCc2ccccc2)cc1. The Bertz CT molecular complexity index is 600. The minimum Gasteiger partial charge on any atom is -0.381 e. The molecule has 2 aromatic rings. The normalized spacial score (nSPS) is 11.0. The molecule has 0 aromatic heterocycles. The van der Waals surface area contributed by atoms with Gasteiger partial charge in [0.25, 0.3) is 0 Å². The maximum Gasteiger partial charge on any atom is 0.373 e. The first kappa shape index (κ1) is 16.0. The molecule has 116 valence electrons. The maximum absolute atomic E-state index is 11.8. The fourth-order valence-corrected chi connectivity index (χ4v) is 1.74. The molecule has 0 saturated carbocycles. The Labute approximate surface area is 131 Å². The van der Waals surface area contributed by atoms with Gasteiger partial charge in [0.2, 0.25) is 0 Å². The molecule has 4 heteroatoms. The molecule has 0 atom stereocenters. The molecule has 0 bridgehead atoms. The van der Waals surface area contributed by atoms with Crippen LogP contribution in [0.25, 0.3) is 0 Å². The molecule has 1 N–H and O–H groups in total. The van der Waals surface area contributed by atoms with Gasteiger partial charge in [-0.25, -0.2) is 4.79 Å². The zero-order valence-corrected chi connectivity index (χ0v) is 13.1. The molecule has 22 heavy (non-hydrogen) atoms. The highest BCUT2D eigenvalue weighted by atomic mass is 17.2. The van der Waals surface area contributed by atoms with E-state index in [2.05, 4.69) is 17.4 Å². The second kappa shape index (κ2) is 7.09. The van der Waals surface area contributed by atoms with E-state index in [1.54, 1.807) is 12.1 Å². The molecule has 0 fully saturated rings. The lowest BCUT2D eigenvalue weighted by Gasteiger charge is -2.16. The first-order valence-corrected chi connectivity index (χ1v) is 7.22. The quantitative estimate of drug-likeness (QED) is 0.664. The summed E-state index contributed by atoms with van der Waals surface area (Å²) in [6, 6.07) is 17.2. The molecule has 0 saturated heterocycles. The Morgan fingerprint density at radius 2 is 1.64 bits per heavy atom. The highest BCUT2D eigenvalue weighted by Crippen LogP contribution is 2.14. The molecular formula is C18H21NO3. The number of carbonyl (C=O) groups excluding carboxylic acids is 1. The van der Waals surface area contributed by atoms with Gasteiger partial charge in [-0.3, -0.25) is 4.89 Å². The first-order valence-electron chi connectivity index (χ1n) is 7.22. The van der Waals surface area contributed by atoms with Gasteiger partial charge < -0.3 is 5.32 Å². The van der Waals surface area contributed by atoms with Gasteiger partial charge in [0.05, 0.1) is 5.56 Å². The third kappa shape index (κ3) is 5.22. The lowest BCUT2D eigenvalue weighted by Crippen LogP contribution is -2.21. The molecule has 4 nitrogen and oxygen atoms in total. The molecule has 0 spiro atoms. The Hall–Kier alpha value is -2.33. The summed E-state index contributed by atoms with van der Waals surface area (Å²) < 4.78 is 0. The fourth-order valence-electron chi connectivity index (χ4n) is 1.74. The van der Waals surface area contributed by atoms with Crippen molar-refractivity contribution in [2.45, 2.75) is 32.9 Å². The van der Waals surface area contributed by atoms with Gasteiger partial charge in [-0.2, -0.15) is 4.89 Å². The number of hydrogen-bond donors (Lipinski definition) is 1. The molecule has 0 unspecified atom stereocenters. The number of benzene rings is 2. The molecule has 0 radical (unpaired) electrons. The first-order chi connectivity index (χ1) is 10.4. The predicted molar refractivity (Wildman–Crippen MR) is 86.5 cm³/mol. The molecule has 0 aliphatic heterocycles. The van der Waals surface area contributed by atoms with E-state index < -0.39 is 11.6 Å². The summed E-state index contributed by atoms with van der Waals surface area (Å²) in [5.74, 6) is -0.496.